The van der Waals surface area contributed by atoms with Gasteiger partial charge in [0.1, 0.15) is 0 Å². The monoisotopic (exact) mass is 410 g/mol. The molecule has 0 bridgehead atoms. The highest BCUT2D eigenvalue weighted by Crippen LogP contribution is 2.49. The molecule has 0 saturated heterocycles. The molecule has 0 aliphatic carbocycles. The summed E-state index contributed by atoms with van der Waals surface area (Å²) in [6.45, 7) is 5.98. The van der Waals surface area contributed by atoms with E-state index in [2.05, 4.69) is 0 Å². The molecule has 0 fully saturated rings. The lowest BCUT2D eigenvalue weighted by molar-refractivity contribution is -0.133. The van der Waals surface area contributed by atoms with Crippen LogP contribution in [0.3, 0.4) is 0 Å². The summed E-state index contributed by atoms with van der Waals surface area (Å²) >= 11 is 0. The smallest absolute Gasteiger partial charge is 0.287 e. The molecule has 3 aromatic rings. The minimum Gasteiger partial charge on any atom is -0.454 e. The van der Waals surface area contributed by atoms with E-state index >= 15 is 0 Å². The molecule has 2 aliphatic rings. The van der Waals surface area contributed by atoms with Crippen molar-refractivity contribution in [2.75, 3.05) is 4.90 Å². The molecule has 5 nitrogen and oxygen atoms in total. The third-order valence-electron chi connectivity index (χ3n) is 5.66. The van der Waals surface area contributed by atoms with Crippen molar-refractivity contribution in [3.8, 4) is 0 Å². The quantitative estimate of drug-likeness (QED) is 0.517. The van der Waals surface area contributed by atoms with Crippen LogP contribution in [0.1, 0.15) is 42.3 Å². The van der Waals surface area contributed by atoms with Crippen molar-refractivity contribution < 1.29 is 14.3 Å². The van der Waals surface area contributed by atoms with Gasteiger partial charge in [0, 0.05) is 22.1 Å². The van der Waals surface area contributed by atoms with Crippen LogP contribution in [-0.4, -0.2) is 17.7 Å². The van der Waals surface area contributed by atoms with E-state index < -0.39 is 16.9 Å². The van der Waals surface area contributed by atoms with E-state index in [1.165, 1.54) is 4.90 Å². The number of imide groups is 1. The van der Waals surface area contributed by atoms with E-state index in [0.29, 0.717) is 34.0 Å². The summed E-state index contributed by atoms with van der Waals surface area (Å²) in [6.07, 6.45) is 0. The maximum Gasteiger partial charge on any atom is 0.287 e. The van der Waals surface area contributed by atoms with E-state index in [1.807, 2.05) is 57.2 Å². The van der Waals surface area contributed by atoms with Gasteiger partial charge in [-0.1, -0.05) is 75.4 Å². The lowest BCUT2D eigenvalue weighted by Gasteiger charge is -2.45. The lowest BCUT2D eigenvalue weighted by atomic mass is 9.77. The third kappa shape index (κ3) is 2.73. The van der Waals surface area contributed by atoms with Crippen LogP contribution in [0, 0.1) is 5.41 Å². The minimum absolute atomic E-state index is 0.363. The zero-order valence-corrected chi connectivity index (χ0v) is 17.6. The SMILES string of the molecule is CC(C)(C)C1=Nc2ccccc2C2(O1)C(=O)N(c1ccccc1)C(=O)c1ccccc12. The van der Waals surface area contributed by atoms with Gasteiger partial charge < -0.3 is 4.74 Å². The molecule has 3 aromatic carbocycles. The molecular formula is C26H22N2O3. The highest BCUT2D eigenvalue weighted by Gasteiger charge is 2.58. The van der Waals surface area contributed by atoms with Crippen molar-refractivity contribution in [2.45, 2.75) is 26.4 Å². The molecule has 0 radical (unpaired) electrons. The second-order valence-electron chi connectivity index (χ2n) is 8.79. The summed E-state index contributed by atoms with van der Waals surface area (Å²) in [4.78, 5) is 33.7. The average molecular weight is 410 g/mol. The summed E-state index contributed by atoms with van der Waals surface area (Å²) in [7, 11) is 0. The zero-order chi connectivity index (χ0) is 21.8. The fourth-order valence-corrected chi connectivity index (χ4v) is 4.15. The molecule has 0 saturated carbocycles. The molecule has 154 valence electrons. The van der Waals surface area contributed by atoms with Gasteiger partial charge in [0.2, 0.25) is 5.60 Å². The average Bonchev–Trinajstić information content (AvgIpc) is 2.77. The molecular weight excluding hydrogens is 388 g/mol. The van der Waals surface area contributed by atoms with Crippen molar-refractivity contribution in [3.05, 3.63) is 95.6 Å². The van der Waals surface area contributed by atoms with Crippen molar-refractivity contribution >= 4 is 29.1 Å². The third-order valence-corrected chi connectivity index (χ3v) is 5.66. The Balaban J connectivity index is 1.85. The maximum atomic E-state index is 14.2. The van der Waals surface area contributed by atoms with Gasteiger partial charge in [-0.15, -0.1) is 0 Å². The zero-order valence-electron chi connectivity index (χ0n) is 17.6. The van der Waals surface area contributed by atoms with Gasteiger partial charge in [-0.05, 0) is 24.3 Å². The van der Waals surface area contributed by atoms with Gasteiger partial charge in [0.05, 0.1) is 11.4 Å². The lowest BCUT2D eigenvalue weighted by Crippen LogP contribution is -2.58. The molecule has 5 rings (SSSR count). The van der Waals surface area contributed by atoms with Crippen molar-refractivity contribution in [1.82, 2.24) is 0 Å². The number of para-hydroxylation sites is 2. The molecule has 1 atom stereocenters. The molecule has 31 heavy (non-hydrogen) atoms. The summed E-state index contributed by atoms with van der Waals surface area (Å²) in [6, 6.07) is 23.6. The Morgan fingerprint density at radius 1 is 0.806 bits per heavy atom. The first-order valence-electron chi connectivity index (χ1n) is 10.2. The Kier molecular flexibility index (Phi) is 4.12. The number of hydrogen-bond donors (Lipinski definition) is 0. The largest absolute Gasteiger partial charge is 0.454 e. The molecule has 2 aliphatic heterocycles. The number of benzene rings is 3. The fourth-order valence-electron chi connectivity index (χ4n) is 4.15. The summed E-state index contributed by atoms with van der Waals surface area (Å²) in [5.74, 6) is -0.346. The Morgan fingerprint density at radius 3 is 2.13 bits per heavy atom. The number of amides is 2. The van der Waals surface area contributed by atoms with Gasteiger partial charge in [0.25, 0.3) is 11.8 Å². The van der Waals surface area contributed by atoms with E-state index in [9.17, 15) is 9.59 Å². The summed E-state index contributed by atoms with van der Waals surface area (Å²) < 4.78 is 6.55. The van der Waals surface area contributed by atoms with Crippen LogP contribution >= 0.6 is 0 Å². The van der Waals surface area contributed by atoms with Gasteiger partial charge >= 0.3 is 0 Å². The molecule has 5 heteroatoms. The van der Waals surface area contributed by atoms with Gasteiger partial charge in [-0.25, -0.2) is 9.89 Å². The molecule has 2 amide bonds. The van der Waals surface area contributed by atoms with Gasteiger partial charge in [-0.3, -0.25) is 9.59 Å². The van der Waals surface area contributed by atoms with E-state index in [4.69, 9.17) is 9.73 Å². The number of carbonyl (C=O) groups is 2. The van der Waals surface area contributed by atoms with Crippen LogP contribution in [0.4, 0.5) is 11.4 Å². The molecule has 1 spiro atoms. The summed E-state index contributed by atoms with van der Waals surface area (Å²) in [5.41, 5.74) is 0.860. The van der Waals surface area contributed by atoms with Crippen LogP contribution in [-0.2, 0) is 15.1 Å². The molecule has 2 heterocycles. The first kappa shape index (κ1) is 19.2. The number of nitrogens with zero attached hydrogens (tertiary/aromatic N) is 2. The molecule has 0 N–H and O–H groups in total. The number of hydrogen-bond acceptors (Lipinski definition) is 4. The maximum absolute atomic E-state index is 14.2. The topological polar surface area (TPSA) is 59.0 Å². The second kappa shape index (κ2) is 6.64. The van der Waals surface area contributed by atoms with Crippen LogP contribution in [0.2, 0.25) is 0 Å². The number of fused-ring (bicyclic) bond motifs is 4. The Bertz CT molecular complexity index is 1240. The van der Waals surface area contributed by atoms with Crippen molar-refractivity contribution in [2.24, 2.45) is 10.4 Å². The second-order valence-corrected chi connectivity index (χ2v) is 8.79. The minimum atomic E-state index is -1.50. The Morgan fingerprint density at radius 2 is 1.42 bits per heavy atom. The molecule has 1 unspecified atom stereocenters. The number of aliphatic imine (C=N–C) groups is 1. The Hall–Kier alpha value is -3.73. The van der Waals surface area contributed by atoms with Gasteiger partial charge in [-0.2, -0.15) is 0 Å². The van der Waals surface area contributed by atoms with Crippen LogP contribution in [0.5, 0.6) is 0 Å². The van der Waals surface area contributed by atoms with Crippen molar-refractivity contribution in [1.29, 1.82) is 0 Å². The normalized spacial score (nSPS) is 20.1. The van der Waals surface area contributed by atoms with Crippen LogP contribution in [0.15, 0.2) is 83.9 Å². The number of ether oxygens (including phenoxy) is 1. The first-order valence-corrected chi connectivity index (χ1v) is 10.2. The van der Waals surface area contributed by atoms with E-state index in [0.717, 1.165) is 0 Å². The van der Waals surface area contributed by atoms with Crippen LogP contribution in [0.25, 0.3) is 0 Å². The first-order chi connectivity index (χ1) is 14.8. The van der Waals surface area contributed by atoms with Crippen LogP contribution < -0.4 is 4.90 Å². The number of carbonyl (C=O) groups excluding carboxylic acids is 2. The standard InChI is InChI=1S/C26H22N2O3/c1-25(2,3)23-27-21-16-10-9-15-20(21)26(31-23)19-14-8-7-13-18(19)22(29)28(24(26)30)17-11-5-4-6-12-17/h4-16H,1-3H3. The highest BCUT2D eigenvalue weighted by atomic mass is 16.5. The van der Waals surface area contributed by atoms with E-state index in [1.54, 1.807) is 42.5 Å². The predicted octanol–water partition coefficient (Wildman–Crippen LogP) is 5.22. The van der Waals surface area contributed by atoms with Gasteiger partial charge in [0.15, 0.2) is 5.90 Å². The van der Waals surface area contributed by atoms with Crippen molar-refractivity contribution in [3.63, 3.8) is 0 Å². The number of rotatable bonds is 1. The Labute approximate surface area is 181 Å². The number of anilines is 1. The highest BCUT2D eigenvalue weighted by molar-refractivity contribution is 6.28. The predicted molar refractivity (Wildman–Crippen MR) is 120 cm³/mol. The van der Waals surface area contributed by atoms with E-state index in [-0.39, 0.29) is 5.91 Å². The molecule has 0 aromatic heterocycles. The fraction of sp³-hybridized carbons (Fsp3) is 0.192. The summed E-state index contributed by atoms with van der Waals surface area (Å²) in [5, 5.41) is 0.